The largest absolute Gasteiger partial charge is 0.435 e. The lowest BCUT2D eigenvalue weighted by Gasteiger charge is -2.32. The van der Waals surface area contributed by atoms with Crippen molar-refractivity contribution in [2.45, 2.75) is 32.7 Å². The molecule has 0 spiro atoms. The topological polar surface area (TPSA) is 79.8 Å². The zero-order valence-electron chi connectivity index (χ0n) is 20.8. The number of benzene rings is 2. The lowest BCUT2D eigenvalue weighted by molar-refractivity contribution is 0.122. The van der Waals surface area contributed by atoms with Crippen molar-refractivity contribution in [1.29, 1.82) is 0 Å². The first-order valence-electron chi connectivity index (χ1n) is 12.4. The van der Waals surface area contributed by atoms with Crippen LogP contribution in [0.4, 0.5) is 25.2 Å². The molecule has 8 nitrogen and oxygen atoms in total. The summed E-state index contributed by atoms with van der Waals surface area (Å²) in [6.45, 7) is 7.20. The van der Waals surface area contributed by atoms with Crippen molar-refractivity contribution in [1.82, 2.24) is 14.9 Å². The van der Waals surface area contributed by atoms with Gasteiger partial charge in [0.1, 0.15) is 5.82 Å². The van der Waals surface area contributed by atoms with E-state index in [2.05, 4.69) is 24.1 Å². The van der Waals surface area contributed by atoms with Crippen LogP contribution >= 0.6 is 0 Å². The van der Waals surface area contributed by atoms with Gasteiger partial charge in [0, 0.05) is 37.8 Å². The first kappa shape index (κ1) is 24.9. The number of nitrogens with zero attached hydrogens (tertiary/aromatic N) is 4. The van der Waals surface area contributed by atoms with Gasteiger partial charge in [-0.2, -0.15) is 4.98 Å². The highest BCUT2D eigenvalue weighted by Crippen LogP contribution is 2.33. The van der Waals surface area contributed by atoms with Crippen LogP contribution in [0.15, 0.2) is 42.5 Å². The molecule has 0 unspecified atom stereocenters. The fraction of sp³-hybridized carbons (Fsp3) is 0.370. The van der Waals surface area contributed by atoms with Gasteiger partial charge in [-0.15, -0.1) is 0 Å². The lowest BCUT2D eigenvalue weighted by atomic mass is 10.0. The van der Waals surface area contributed by atoms with E-state index in [0.29, 0.717) is 62.4 Å². The molecule has 2 amide bonds. The van der Waals surface area contributed by atoms with Gasteiger partial charge in [0.2, 0.25) is 11.8 Å². The van der Waals surface area contributed by atoms with Gasteiger partial charge in [-0.25, -0.2) is 18.6 Å². The monoisotopic (exact) mass is 509 g/mol. The van der Waals surface area contributed by atoms with Crippen LogP contribution < -0.4 is 15.0 Å². The van der Waals surface area contributed by atoms with Gasteiger partial charge in [-0.1, -0.05) is 26.0 Å². The highest BCUT2D eigenvalue weighted by molar-refractivity contribution is 5.89. The lowest BCUT2D eigenvalue weighted by Crippen LogP contribution is -2.41. The Balaban J connectivity index is 1.41. The normalized spacial score (nSPS) is 15.5. The molecule has 0 atom stereocenters. The smallest absolute Gasteiger partial charge is 0.322 e. The van der Waals surface area contributed by atoms with Crippen molar-refractivity contribution in [3.63, 3.8) is 0 Å². The fourth-order valence-electron chi connectivity index (χ4n) is 4.35. The summed E-state index contributed by atoms with van der Waals surface area (Å²) in [5.41, 5.74) is 3.22. The van der Waals surface area contributed by atoms with E-state index in [9.17, 15) is 13.6 Å². The van der Waals surface area contributed by atoms with Gasteiger partial charge < -0.3 is 24.6 Å². The van der Waals surface area contributed by atoms with Crippen molar-refractivity contribution in [2.24, 2.45) is 0 Å². The third kappa shape index (κ3) is 5.64. The van der Waals surface area contributed by atoms with E-state index in [-0.39, 0.29) is 24.2 Å². The molecular formula is C27H29F2N5O3. The van der Waals surface area contributed by atoms with Gasteiger partial charge in [0.05, 0.1) is 31.0 Å². The standard InChI is InChI=1S/C27H29F2N5O3/c1-17(2)18-3-6-20(7-4-18)30-27(35)34-10-9-23-21(16-34)25(37-24-8-5-19(28)15-22(24)29)32-26(31-23)33-11-13-36-14-12-33/h3-8,15,17H,9-14,16H2,1-2H3,(H,30,35). The van der Waals surface area contributed by atoms with Crippen LogP contribution in [-0.2, 0) is 17.7 Å². The Hall–Kier alpha value is -3.79. The number of carbonyl (C=O) groups is 1. The number of aromatic nitrogens is 2. The number of hydrogen-bond acceptors (Lipinski definition) is 6. The number of amides is 2. The number of carbonyl (C=O) groups excluding carboxylic acids is 1. The second-order valence-electron chi connectivity index (χ2n) is 9.41. The van der Waals surface area contributed by atoms with Crippen LogP contribution in [0.2, 0.25) is 0 Å². The van der Waals surface area contributed by atoms with E-state index in [1.807, 2.05) is 29.2 Å². The summed E-state index contributed by atoms with van der Waals surface area (Å²) in [4.78, 5) is 26.0. The highest BCUT2D eigenvalue weighted by Gasteiger charge is 2.29. The average Bonchev–Trinajstić information content (AvgIpc) is 2.90. The van der Waals surface area contributed by atoms with E-state index >= 15 is 0 Å². The van der Waals surface area contributed by atoms with Crippen LogP contribution in [0.3, 0.4) is 0 Å². The van der Waals surface area contributed by atoms with E-state index in [1.165, 1.54) is 11.6 Å². The Bertz CT molecular complexity index is 1280. The number of halogens is 2. The third-order valence-corrected chi connectivity index (χ3v) is 6.52. The number of rotatable bonds is 5. The second-order valence-corrected chi connectivity index (χ2v) is 9.41. The number of ether oxygens (including phenoxy) is 2. The molecule has 0 saturated carbocycles. The maximum absolute atomic E-state index is 14.4. The Morgan fingerprint density at radius 1 is 1.05 bits per heavy atom. The SMILES string of the molecule is CC(C)c1ccc(NC(=O)N2CCc3nc(N4CCOCC4)nc(Oc4ccc(F)cc4F)c3C2)cc1. The molecule has 10 heteroatoms. The van der Waals surface area contributed by atoms with Crippen molar-refractivity contribution < 1.29 is 23.0 Å². The maximum atomic E-state index is 14.4. The quantitative estimate of drug-likeness (QED) is 0.516. The molecule has 1 N–H and O–H groups in total. The van der Waals surface area contributed by atoms with Crippen LogP contribution in [0, 0.1) is 11.6 Å². The van der Waals surface area contributed by atoms with E-state index < -0.39 is 11.6 Å². The summed E-state index contributed by atoms with van der Waals surface area (Å²) in [6, 6.07) is 10.6. The third-order valence-electron chi connectivity index (χ3n) is 6.52. The first-order chi connectivity index (χ1) is 17.9. The van der Waals surface area contributed by atoms with Gasteiger partial charge in [0.25, 0.3) is 0 Å². The number of urea groups is 1. The number of fused-ring (bicyclic) bond motifs is 1. The molecule has 0 radical (unpaired) electrons. The summed E-state index contributed by atoms with van der Waals surface area (Å²) in [5, 5.41) is 2.94. The fourth-order valence-corrected chi connectivity index (χ4v) is 4.35. The van der Waals surface area contributed by atoms with Crippen molar-refractivity contribution in [3.8, 4) is 11.6 Å². The molecule has 2 aromatic carbocycles. The minimum Gasteiger partial charge on any atom is -0.435 e. The van der Waals surface area contributed by atoms with E-state index in [1.54, 1.807) is 4.90 Å². The molecule has 37 heavy (non-hydrogen) atoms. The van der Waals surface area contributed by atoms with E-state index in [0.717, 1.165) is 17.8 Å². The van der Waals surface area contributed by atoms with Crippen LogP contribution in [0.5, 0.6) is 11.6 Å². The van der Waals surface area contributed by atoms with Crippen LogP contribution in [0.1, 0.15) is 36.6 Å². The molecule has 3 heterocycles. The molecule has 2 aliphatic rings. The predicted octanol–water partition coefficient (Wildman–Crippen LogP) is 5.10. The van der Waals surface area contributed by atoms with E-state index in [4.69, 9.17) is 14.5 Å². The minimum atomic E-state index is -0.837. The molecule has 1 aromatic heterocycles. The van der Waals surface area contributed by atoms with Gasteiger partial charge in [-0.3, -0.25) is 0 Å². The molecular weight excluding hydrogens is 480 g/mol. The number of anilines is 2. The van der Waals surface area contributed by atoms with Gasteiger partial charge in [0.15, 0.2) is 11.6 Å². The van der Waals surface area contributed by atoms with Crippen molar-refractivity contribution in [3.05, 3.63) is 70.9 Å². The average molecular weight is 510 g/mol. The van der Waals surface area contributed by atoms with Gasteiger partial charge in [-0.05, 0) is 35.7 Å². The molecule has 3 aromatic rings. The molecule has 0 bridgehead atoms. The summed E-state index contributed by atoms with van der Waals surface area (Å²) < 4.78 is 39.2. The molecule has 1 fully saturated rings. The summed E-state index contributed by atoms with van der Waals surface area (Å²) >= 11 is 0. The number of morpholine rings is 1. The molecule has 0 aliphatic carbocycles. The highest BCUT2D eigenvalue weighted by atomic mass is 19.1. The Morgan fingerprint density at radius 2 is 1.81 bits per heavy atom. The molecule has 194 valence electrons. The van der Waals surface area contributed by atoms with Crippen LogP contribution in [0.25, 0.3) is 0 Å². The molecule has 1 saturated heterocycles. The first-order valence-corrected chi connectivity index (χ1v) is 12.4. The predicted molar refractivity (Wildman–Crippen MR) is 135 cm³/mol. The van der Waals surface area contributed by atoms with Crippen LogP contribution in [-0.4, -0.2) is 53.7 Å². The zero-order valence-corrected chi connectivity index (χ0v) is 20.8. The maximum Gasteiger partial charge on any atom is 0.322 e. The summed E-state index contributed by atoms with van der Waals surface area (Å²) in [7, 11) is 0. The minimum absolute atomic E-state index is 0.149. The molecule has 2 aliphatic heterocycles. The van der Waals surface area contributed by atoms with Crippen molar-refractivity contribution >= 4 is 17.7 Å². The molecule has 5 rings (SSSR count). The summed E-state index contributed by atoms with van der Waals surface area (Å²) in [6.07, 6.45) is 0.483. The second kappa shape index (κ2) is 10.7. The Kier molecular flexibility index (Phi) is 7.18. The summed E-state index contributed by atoms with van der Waals surface area (Å²) in [5.74, 6) is -0.681. The van der Waals surface area contributed by atoms with Crippen molar-refractivity contribution in [2.75, 3.05) is 43.1 Å². The number of nitrogens with one attached hydrogen (secondary N) is 1. The zero-order chi connectivity index (χ0) is 25.9. The number of hydrogen-bond donors (Lipinski definition) is 1. The Morgan fingerprint density at radius 3 is 2.51 bits per heavy atom. The Labute approximate surface area is 214 Å². The van der Waals surface area contributed by atoms with Gasteiger partial charge >= 0.3 is 6.03 Å².